The minimum Gasteiger partial charge on any atom is -0.508 e. The Bertz CT molecular complexity index is 976. The molecular formula is C28H37NO6. The molecule has 0 aliphatic heterocycles. The molecule has 0 saturated carbocycles. The van der Waals surface area contributed by atoms with Gasteiger partial charge >= 0.3 is 12.1 Å². The van der Waals surface area contributed by atoms with E-state index in [1.807, 2.05) is 37.3 Å². The number of phenolic OH excluding ortho intramolecular Hbond substituents is 1. The number of para-hydroxylation sites is 1. The molecule has 35 heavy (non-hydrogen) atoms. The van der Waals surface area contributed by atoms with Gasteiger partial charge in [0.2, 0.25) is 0 Å². The molecule has 190 valence electrons. The Hall–Kier alpha value is -3.06. The summed E-state index contributed by atoms with van der Waals surface area (Å²) in [5, 5.41) is 10.2. The molecule has 0 amide bonds. The average molecular weight is 484 g/mol. The third-order valence-corrected chi connectivity index (χ3v) is 6.34. The molecule has 7 heteroatoms. The number of carbonyl (C=O) groups excluding carboxylic acids is 2. The van der Waals surface area contributed by atoms with Gasteiger partial charge < -0.3 is 19.3 Å². The lowest BCUT2D eigenvalue weighted by Gasteiger charge is -2.36. The average Bonchev–Trinajstić information content (AvgIpc) is 2.84. The summed E-state index contributed by atoms with van der Waals surface area (Å²) in [4.78, 5) is 25.9. The number of fused-ring (bicyclic) bond motifs is 1. The molecule has 1 unspecified atom stereocenters. The quantitative estimate of drug-likeness (QED) is 0.239. The van der Waals surface area contributed by atoms with Crippen molar-refractivity contribution < 1.29 is 28.9 Å². The summed E-state index contributed by atoms with van der Waals surface area (Å²) in [6.07, 6.45) is 5.14. The van der Waals surface area contributed by atoms with Crippen LogP contribution < -0.4 is 4.74 Å². The smallest absolute Gasteiger partial charge is 0.508 e. The fourth-order valence-corrected chi connectivity index (χ4v) is 4.68. The van der Waals surface area contributed by atoms with Gasteiger partial charge in [-0.05, 0) is 93.8 Å². The topological polar surface area (TPSA) is 85.3 Å². The molecule has 2 aromatic carbocycles. The van der Waals surface area contributed by atoms with Gasteiger partial charge in [0.15, 0.2) is 0 Å². The lowest BCUT2D eigenvalue weighted by molar-refractivity contribution is -0.143. The minimum absolute atomic E-state index is 0.148. The summed E-state index contributed by atoms with van der Waals surface area (Å²) in [7, 11) is 0. The van der Waals surface area contributed by atoms with Crippen molar-refractivity contribution in [2.24, 2.45) is 0 Å². The summed E-state index contributed by atoms with van der Waals surface area (Å²) in [6, 6.07) is 13.5. The number of hydrogen-bond acceptors (Lipinski definition) is 7. The van der Waals surface area contributed by atoms with E-state index >= 15 is 0 Å². The predicted octanol–water partition coefficient (Wildman–Crippen LogP) is 5.58. The van der Waals surface area contributed by atoms with Crippen LogP contribution >= 0.6 is 0 Å². The van der Waals surface area contributed by atoms with Gasteiger partial charge in [-0.25, -0.2) is 4.79 Å². The summed E-state index contributed by atoms with van der Waals surface area (Å²) in [5.41, 5.74) is 3.36. The van der Waals surface area contributed by atoms with E-state index in [4.69, 9.17) is 14.2 Å². The number of nitrogens with zero attached hydrogens (tertiary/aromatic N) is 1. The number of carbonyl (C=O) groups is 2. The van der Waals surface area contributed by atoms with Crippen LogP contribution in [0.25, 0.3) is 0 Å². The van der Waals surface area contributed by atoms with Crippen molar-refractivity contribution in [1.29, 1.82) is 0 Å². The van der Waals surface area contributed by atoms with Gasteiger partial charge in [-0.1, -0.05) is 24.3 Å². The zero-order valence-corrected chi connectivity index (χ0v) is 20.8. The zero-order chi connectivity index (χ0) is 25.0. The first kappa shape index (κ1) is 26.5. The second-order valence-corrected chi connectivity index (χ2v) is 8.73. The third-order valence-electron chi connectivity index (χ3n) is 6.34. The van der Waals surface area contributed by atoms with E-state index in [1.54, 1.807) is 13.0 Å². The fourth-order valence-electron chi connectivity index (χ4n) is 4.68. The monoisotopic (exact) mass is 483 g/mol. The van der Waals surface area contributed by atoms with Crippen LogP contribution in [0, 0.1) is 0 Å². The van der Waals surface area contributed by atoms with Crippen LogP contribution in [0.15, 0.2) is 42.5 Å². The molecule has 0 heterocycles. The standard InChI is InChI=1S/C28H37NO6/c1-3-33-27(31)14-7-8-18-29(19-17-21-10-5-6-13-26(21)30)25-12-9-11-22-20-23(15-16-24(22)25)35-28(32)34-4-2/h5-6,10,13,15-16,20,25,30H,3-4,7-9,11-12,14,17-19H2,1-2H3. The molecule has 7 nitrogen and oxygen atoms in total. The summed E-state index contributed by atoms with van der Waals surface area (Å²) in [6.45, 7) is 5.89. The SMILES string of the molecule is CCOC(=O)CCCCN(CCc1ccccc1O)C1CCCc2cc(OC(=O)OCC)ccc21. The number of unbranched alkanes of at least 4 members (excludes halogenated alkanes) is 1. The lowest BCUT2D eigenvalue weighted by Crippen LogP contribution is -2.34. The molecule has 1 aliphatic rings. The van der Waals surface area contributed by atoms with E-state index in [2.05, 4.69) is 11.0 Å². The molecule has 0 spiro atoms. The van der Waals surface area contributed by atoms with E-state index in [9.17, 15) is 14.7 Å². The number of esters is 1. The van der Waals surface area contributed by atoms with Gasteiger partial charge in [0.25, 0.3) is 0 Å². The van der Waals surface area contributed by atoms with Crippen LogP contribution in [0.1, 0.15) is 68.7 Å². The first-order chi connectivity index (χ1) is 17.0. The third kappa shape index (κ3) is 7.99. The van der Waals surface area contributed by atoms with E-state index < -0.39 is 6.16 Å². The number of benzene rings is 2. The summed E-state index contributed by atoms with van der Waals surface area (Å²) >= 11 is 0. The van der Waals surface area contributed by atoms with Gasteiger partial charge in [0.05, 0.1) is 13.2 Å². The second kappa shape index (κ2) is 13.7. The van der Waals surface area contributed by atoms with Crippen LogP contribution in [0.2, 0.25) is 0 Å². The zero-order valence-electron chi connectivity index (χ0n) is 20.8. The molecule has 3 rings (SSSR count). The maximum absolute atomic E-state index is 11.7. The Morgan fingerprint density at radius 2 is 1.83 bits per heavy atom. The van der Waals surface area contributed by atoms with Crippen LogP contribution in [0.4, 0.5) is 4.79 Å². The van der Waals surface area contributed by atoms with E-state index in [0.29, 0.717) is 24.5 Å². The molecule has 0 aromatic heterocycles. The molecule has 1 aliphatic carbocycles. The van der Waals surface area contributed by atoms with Gasteiger partial charge in [0, 0.05) is 19.0 Å². The molecule has 2 aromatic rings. The Balaban J connectivity index is 1.72. The van der Waals surface area contributed by atoms with Crippen LogP contribution in [0.5, 0.6) is 11.5 Å². The number of aryl methyl sites for hydroxylation is 1. The van der Waals surface area contributed by atoms with E-state index in [-0.39, 0.29) is 18.6 Å². The van der Waals surface area contributed by atoms with Crippen LogP contribution in [-0.4, -0.2) is 48.4 Å². The van der Waals surface area contributed by atoms with Crippen LogP contribution in [0.3, 0.4) is 0 Å². The van der Waals surface area contributed by atoms with E-state index in [1.165, 1.54) is 11.1 Å². The van der Waals surface area contributed by atoms with Crippen molar-refractivity contribution in [1.82, 2.24) is 4.90 Å². The normalized spacial score (nSPS) is 14.9. The molecule has 0 radical (unpaired) electrons. The van der Waals surface area contributed by atoms with Crippen LogP contribution in [-0.2, 0) is 27.1 Å². The Kier molecular flexibility index (Phi) is 10.4. The summed E-state index contributed by atoms with van der Waals surface area (Å²) in [5.74, 6) is 0.669. The summed E-state index contributed by atoms with van der Waals surface area (Å²) < 4.78 is 15.3. The van der Waals surface area contributed by atoms with Crippen molar-refractivity contribution in [3.8, 4) is 11.5 Å². The highest BCUT2D eigenvalue weighted by molar-refractivity contribution is 5.69. The van der Waals surface area contributed by atoms with Gasteiger partial charge in [0.1, 0.15) is 11.5 Å². The molecule has 0 fully saturated rings. The number of phenols is 1. The van der Waals surface area contributed by atoms with Gasteiger partial charge in [-0.15, -0.1) is 0 Å². The largest absolute Gasteiger partial charge is 0.513 e. The first-order valence-corrected chi connectivity index (χ1v) is 12.7. The maximum Gasteiger partial charge on any atom is 0.513 e. The van der Waals surface area contributed by atoms with Gasteiger partial charge in [-0.3, -0.25) is 9.69 Å². The van der Waals surface area contributed by atoms with E-state index in [0.717, 1.165) is 57.2 Å². The second-order valence-electron chi connectivity index (χ2n) is 8.73. The Morgan fingerprint density at radius 1 is 1.03 bits per heavy atom. The van der Waals surface area contributed by atoms with Crippen molar-refractivity contribution in [3.63, 3.8) is 0 Å². The molecular weight excluding hydrogens is 446 g/mol. The highest BCUT2D eigenvalue weighted by atomic mass is 16.7. The van der Waals surface area contributed by atoms with Crippen molar-refractivity contribution in [2.45, 2.75) is 64.8 Å². The number of rotatable bonds is 12. The molecule has 1 atom stereocenters. The number of ether oxygens (including phenoxy) is 3. The Labute approximate surface area is 208 Å². The first-order valence-electron chi connectivity index (χ1n) is 12.7. The molecule has 0 bridgehead atoms. The fraction of sp³-hybridized carbons (Fsp3) is 0.500. The highest BCUT2D eigenvalue weighted by Gasteiger charge is 2.26. The molecule has 1 N–H and O–H groups in total. The predicted molar refractivity (Wildman–Crippen MR) is 134 cm³/mol. The lowest BCUT2D eigenvalue weighted by atomic mass is 9.86. The minimum atomic E-state index is -0.689. The number of hydrogen-bond donors (Lipinski definition) is 1. The highest BCUT2D eigenvalue weighted by Crippen LogP contribution is 2.36. The number of aromatic hydroxyl groups is 1. The van der Waals surface area contributed by atoms with Crippen molar-refractivity contribution >= 4 is 12.1 Å². The Morgan fingerprint density at radius 3 is 2.60 bits per heavy atom. The van der Waals surface area contributed by atoms with Crippen molar-refractivity contribution in [2.75, 3.05) is 26.3 Å². The van der Waals surface area contributed by atoms with Crippen molar-refractivity contribution in [3.05, 3.63) is 59.2 Å². The maximum atomic E-state index is 11.7. The molecule has 0 saturated heterocycles. The van der Waals surface area contributed by atoms with Gasteiger partial charge in [-0.2, -0.15) is 0 Å².